The molecule has 2 rings (SSSR count). The highest BCUT2D eigenvalue weighted by molar-refractivity contribution is 5.96. The Morgan fingerprint density at radius 1 is 0.880 bits per heavy atom. The van der Waals surface area contributed by atoms with E-state index < -0.39 is 21.7 Å². The van der Waals surface area contributed by atoms with E-state index in [1.807, 2.05) is 0 Å². The molecule has 0 spiro atoms. The van der Waals surface area contributed by atoms with Gasteiger partial charge in [-0.2, -0.15) is 0 Å². The number of carbonyl (C=O) groups is 2. The second-order valence-corrected chi connectivity index (χ2v) is 4.91. The Hall–Kier alpha value is -3.82. The van der Waals surface area contributed by atoms with Crippen molar-refractivity contribution in [2.24, 2.45) is 0 Å². The van der Waals surface area contributed by atoms with Crippen LogP contribution in [0.2, 0.25) is 0 Å². The predicted octanol–water partition coefficient (Wildman–Crippen LogP) is 1.51. The Kier molecular flexibility index (Phi) is 5.36. The summed E-state index contributed by atoms with van der Waals surface area (Å²) in [5.74, 6) is -1.26. The zero-order valence-electron chi connectivity index (χ0n) is 12.7. The first-order chi connectivity index (χ1) is 11.9. The summed E-state index contributed by atoms with van der Waals surface area (Å²) in [6.45, 7) is 0. The highest BCUT2D eigenvalue weighted by Gasteiger charge is 2.12. The third kappa shape index (κ3) is 4.82. The van der Waals surface area contributed by atoms with Crippen LogP contribution in [0, 0.1) is 20.2 Å². The van der Waals surface area contributed by atoms with E-state index in [9.17, 15) is 29.8 Å². The summed E-state index contributed by atoms with van der Waals surface area (Å²) in [6.07, 6.45) is -0.104. The summed E-state index contributed by atoms with van der Waals surface area (Å²) in [5, 5.41) is 21.2. The van der Waals surface area contributed by atoms with E-state index in [0.717, 1.165) is 6.07 Å². The van der Waals surface area contributed by atoms with Gasteiger partial charge in [0.25, 0.3) is 17.3 Å². The van der Waals surface area contributed by atoms with Crippen molar-refractivity contribution in [2.45, 2.75) is 6.42 Å². The minimum absolute atomic E-state index is 0.0184. The van der Waals surface area contributed by atoms with Gasteiger partial charge in [-0.25, -0.2) is 0 Å². The maximum Gasteiger partial charge on any atom is 0.270 e. The average Bonchev–Trinajstić information content (AvgIpc) is 2.60. The lowest BCUT2D eigenvalue weighted by Crippen LogP contribution is -2.42. The standard InChI is InChI=1S/C15H12N4O6/c20-14(8-10-4-6-12(7-5-10)18(22)23)16-17-15(21)11-2-1-3-13(9-11)19(24)25/h1-7,9H,8H2,(H,16,20)(H,17,21). The van der Waals surface area contributed by atoms with E-state index in [1.165, 1.54) is 42.5 Å². The number of rotatable bonds is 5. The molecule has 0 aliphatic carbocycles. The molecule has 0 saturated heterocycles. The Bertz CT molecular complexity index is 834. The molecule has 10 nitrogen and oxygen atoms in total. The van der Waals surface area contributed by atoms with Crippen LogP contribution >= 0.6 is 0 Å². The second kappa shape index (κ2) is 7.64. The Morgan fingerprint density at radius 3 is 2.12 bits per heavy atom. The molecule has 0 atom stereocenters. The number of nitrogens with one attached hydrogen (secondary N) is 2. The summed E-state index contributed by atoms with van der Waals surface area (Å²) in [7, 11) is 0. The van der Waals surface area contributed by atoms with Gasteiger partial charge in [-0.05, 0) is 11.6 Å². The summed E-state index contributed by atoms with van der Waals surface area (Å²) >= 11 is 0. The van der Waals surface area contributed by atoms with E-state index in [-0.39, 0.29) is 23.4 Å². The third-order valence-corrected chi connectivity index (χ3v) is 3.15. The lowest BCUT2D eigenvalue weighted by molar-refractivity contribution is -0.385. The number of benzene rings is 2. The Morgan fingerprint density at radius 2 is 1.52 bits per heavy atom. The minimum atomic E-state index is -0.708. The Labute approximate surface area is 140 Å². The number of hydrogen-bond acceptors (Lipinski definition) is 6. The highest BCUT2D eigenvalue weighted by atomic mass is 16.6. The molecule has 2 N–H and O–H groups in total. The average molecular weight is 344 g/mol. The van der Waals surface area contributed by atoms with Crippen LogP contribution in [-0.4, -0.2) is 21.7 Å². The summed E-state index contributed by atoms with van der Waals surface area (Å²) in [5.41, 5.74) is 4.52. The molecule has 128 valence electrons. The monoisotopic (exact) mass is 344 g/mol. The quantitative estimate of drug-likeness (QED) is 0.621. The maximum absolute atomic E-state index is 11.9. The Balaban J connectivity index is 1.91. The zero-order chi connectivity index (χ0) is 18.4. The van der Waals surface area contributed by atoms with Crippen molar-refractivity contribution in [1.29, 1.82) is 0 Å². The van der Waals surface area contributed by atoms with Crippen LogP contribution in [-0.2, 0) is 11.2 Å². The topological polar surface area (TPSA) is 144 Å². The van der Waals surface area contributed by atoms with E-state index in [0.29, 0.717) is 5.56 Å². The lowest BCUT2D eigenvalue weighted by Gasteiger charge is -2.07. The van der Waals surface area contributed by atoms with Gasteiger partial charge in [-0.1, -0.05) is 18.2 Å². The number of nitro benzene ring substituents is 2. The minimum Gasteiger partial charge on any atom is -0.273 e. The van der Waals surface area contributed by atoms with E-state index >= 15 is 0 Å². The van der Waals surface area contributed by atoms with Crippen LogP contribution in [0.15, 0.2) is 48.5 Å². The zero-order valence-corrected chi connectivity index (χ0v) is 12.7. The van der Waals surface area contributed by atoms with Crippen LogP contribution in [0.25, 0.3) is 0 Å². The van der Waals surface area contributed by atoms with Crippen LogP contribution in [0.3, 0.4) is 0 Å². The van der Waals surface area contributed by atoms with Gasteiger partial charge in [-0.3, -0.25) is 40.7 Å². The van der Waals surface area contributed by atoms with Gasteiger partial charge in [0.1, 0.15) is 0 Å². The van der Waals surface area contributed by atoms with Crippen molar-refractivity contribution in [2.75, 3.05) is 0 Å². The number of hydrazine groups is 1. The fourth-order valence-corrected chi connectivity index (χ4v) is 1.92. The molecule has 25 heavy (non-hydrogen) atoms. The van der Waals surface area contributed by atoms with E-state index in [2.05, 4.69) is 10.9 Å². The summed E-state index contributed by atoms with van der Waals surface area (Å²) < 4.78 is 0. The van der Waals surface area contributed by atoms with Gasteiger partial charge < -0.3 is 0 Å². The molecule has 2 amide bonds. The van der Waals surface area contributed by atoms with Gasteiger partial charge >= 0.3 is 0 Å². The normalized spacial score (nSPS) is 9.92. The molecule has 0 saturated carbocycles. The molecule has 2 aromatic carbocycles. The summed E-state index contributed by atoms with van der Waals surface area (Å²) in [4.78, 5) is 43.7. The molecule has 10 heteroatoms. The second-order valence-electron chi connectivity index (χ2n) is 4.91. The molecule has 0 aliphatic rings. The molecule has 0 aliphatic heterocycles. The van der Waals surface area contributed by atoms with E-state index in [1.54, 1.807) is 0 Å². The first-order valence-electron chi connectivity index (χ1n) is 6.94. The molecule has 0 aromatic heterocycles. The maximum atomic E-state index is 11.9. The fraction of sp³-hybridized carbons (Fsp3) is 0.0667. The lowest BCUT2D eigenvalue weighted by atomic mass is 10.1. The number of carbonyl (C=O) groups excluding carboxylic acids is 2. The molecule has 0 fully saturated rings. The molecule has 2 aromatic rings. The SMILES string of the molecule is O=C(Cc1ccc([N+](=O)[O-])cc1)NNC(=O)c1cccc([N+](=O)[O-])c1. The number of non-ortho nitro benzene ring substituents is 2. The number of nitro groups is 2. The van der Waals surface area contributed by atoms with Crippen LogP contribution in [0.4, 0.5) is 11.4 Å². The third-order valence-electron chi connectivity index (χ3n) is 3.15. The van der Waals surface area contributed by atoms with Crippen LogP contribution in [0.1, 0.15) is 15.9 Å². The smallest absolute Gasteiger partial charge is 0.270 e. The van der Waals surface area contributed by atoms with Gasteiger partial charge in [-0.15, -0.1) is 0 Å². The van der Waals surface area contributed by atoms with Gasteiger partial charge in [0.2, 0.25) is 5.91 Å². The molecular formula is C15H12N4O6. The van der Waals surface area contributed by atoms with Crippen molar-refractivity contribution in [1.82, 2.24) is 10.9 Å². The largest absolute Gasteiger partial charge is 0.273 e. The van der Waals surface area contributed by atoms with Crippen molar-refractivity contribution in [3.63, 3.8) is 0 Å². The van der Waals surface area contributed by atoms with Crippen LogP contribution in [0.5, 0.6) is 0 Å². The molecule has 0 radical (unpaired) electrons. The summed E-state index contributed by atoms with van der Waals surface area (Å²) in [6, 6.07) is 10.4. The van der Waals surface area contributed by atoms with E-state index in [4.69, 9.17) is 0 Å². The van der Waals surface area contributed by atoms with Crippen LogP contribution < -0.4 is 10.9 Å². The highest BCUT2D eigenvalue weighted by Crippen LogP contribution is 2.13. The predicted molar refractivity (Wildman–Crippen MR) is 85.5 cm³/mol. The first-order valence-corrected chi connectivity index (χ1v) is 6.94. The molecule has 0 heterocycles. The van der Waals surface area contributed by atoms with Crippen molar-refractivity contribution in [3.8, 4) is 0 Å². The van der Waals surface area contributed by atoms with Crippen molar-refractivity contribution in [3.05, 3.63) is 79.9 Å². The number of amides is 2. The van der Waals surface area contributed by atoms with Gasteiger partial charge in [0.05, 0.1) is 16.3 Å². The molecule has 0 bridgehead atoms. The van der Waals surface area contributed by atoms with Gasteiger partial charge in [0.15, 0.2) is 0 Å². The first kappa shape index (κ1) is 17.5. The van der Waals surface area contributed by atoms with Crippen molar-refractivity contribution >= 4 is 23.2 Å². The van der Waals surface area contributed by atoms with Gasteiger partial charge in [0, 0.05) is 29.8 Å². The number of hydrogen-bond donors (Lipinski definition) is 2. The molecule has 0 unspecified atom stereocenters. The molecular weight excluding hydrogens is 332 g/mol. The van der Waals surface area contributed by atoms with Crippen molar-refractivity contribution < 1.29 is 19.4 Å². The number of nitrogens with zero attached hydrogens (tertiary/aromatic N) is 2. The fourth-order valence-electron chi connectivity index (χ4n) is 1.92.